The van der Waals surface area contributed by atoms with Gasteiger partial charge in [0.1, 0.15) is 0 Å². The Morgan fingerprint density at radius 3 is 2.44 bits per heavy atom. The average molecular weight is 373 g/mol. The number of benzene rings is 1. The number of hydrogen-bond acceptors (Lipinski definition) is 3. The van der Waals surface area contributed by atoms with Crippen LogP contribution in [0.4, 0.5) is 5.69 Å². The largest absolute Gasteiger partial charge is 0.355 e. The van der Waals surface area contributed by atoms with Gasteiger partial charge >= 0.3 is 0 Å². The molecule has 6 heteroatoms. The smallest absolute Gasteiger partial charge is 0.227 e. The molecule has 1 aromatic rings. The molecule has 0 atom stereocenters. The molecule has 1 aliphatic rings. The van der Waals surface area contributed by atoms with Gasteiger partial charge in [-0.05, 0) is 30.5 Å². The lowest BCUT2D eigenvalue weighted by molar-refractivity contribution is -0.128. The molecule has 0 heterocycles. The summed E-state index contributed by atoms with van der Waals surface area (Å²) >= 11 is 0. The molecule has 0 bridgehead atoms. The highest BCUT2D eigenvalue weighted by Crippen LogP contribution is 2.26. The standard InChI is InChI=1S/C21H31N3O3/c1-21(2,3)20(27)22-12-11-18(25)23-14-15-7-6-10-17(13-15)24-19(26)16-8-4-5-9-16/h6-7,10,13,16H,4-5,8-9,11-12,14H2,1-3H3,(H,22,27)(H,23,25)(H,24,26). The van der Waals surface area contributed by atoms with Crippen molar-refractivity contribution >= 4 is 23.4 Å². The first-order chi connectivity index (χ1) is 12.8. The van der Waals surface area contributed by atoms with Crippen molar-refractivity contribution < 1.29 is 14.4 Å². The Morgan fingerprint density at radius 1 is 1.07 bits per heavy atom. The zero-order chi connectivity index (χ0) is 19.9. The first-order valence-corrected chi connectivity index (χ1v) is 9.70. The highest BCUT2D eigenvalue weighted by molar-refractivity contribution is 5.92. The van der Waals surface area contributed by atoms with E-state index >= 15 is 0 Å². The first kappa shape index (κ1) is 20.9. The molecule has 148 valence electrons. The SMILES string of the molecule is CC(C)(C)C(=O)NCCC(=O)NCc1cccc(NC(=O)C2CCCC2)c1. The Labute approximate surface area is 161 Å². The second-order valence-corrected chi connectivity index (χ2v) is 8.20. The predicted octanol–water partition coefficient (Wildman–Crippen LogP) is 2.98. The third-order valence-corrected chi connectivity index (χ3v) is 4.73. The molecule has 3 N–H and O–H groups in total. The normalized spacial score (nSPS) is 14.6. The molecule has 2 rings (SSSR count). The predicted molar refractivity (Wildman–Crippen MR) is 106 cm³/mol. The van der Waals surface area contributed by atoms with Crippen molar-refractivity contribution in [2.24, 2.45) is 11.3 Å². The van der Waals surface area contributed by atoms with E-state index in [1.807, 2.05) is 45.0 Å². The summed E-state index contributed by atoms with van der Waals surface area (Å²) in [7, 11) is 0. The fourth-order valence-electron chi connectivity index (χ4n) is 3.04. The van der Waals surface area contributed by atoms with Gasteiger partial charge in [-0.2, -0.15) is 0 Å². The Morgan fingerprint density at radius 2 is 1.78 bits per heavy atom. The summed E-state index contributed by atoms with van der Waals surface area (Å²) in [6.07, 6.45) is 4.42. The van der Waals surface area contributed by atoms with Crippen molar-refractivity contribution in [3.63, 3.8) is 0 Å². The summed E-state index contributed by atoms with van der Waals surface area (Å²) in [5, 5.41) is 8.58. The van der Waals surface area contributed by atoms with Crippen LogP contribution in [0.5, 0.6) is 0 Å². The van der Waals surface area contributed by atoms with E-state index in [1.165, 1.54) is 0 Å². The van der Waals surface area contributed by atoms with Crippen molar-refractivity contribution in [1.29, 1.82) is 0 Å². The molecule has 1 saturated carbocycles. The van der Waals surface area contributed by atoms with Gasteiger partial charge in [0.15, 0.2) is 0 Å². The van der Waals surface area contributed by atoms with Gasteiger partial charge in [0.25, 0.3) is 0 Å². The van der Waals surface area contributed by atoms with Crippen molar-refractivity contribution in [2.45, 2.75) is 59.4 Å². The number of carbonyl (C=O) groups excluding carboxylic acids is 3. The van der Waals surface area contributed by atoms with Crippen LogP contribution in [0.2, 0.25) is 0 Å². The molecule has 1 fully saturated rings. The van der Waals surface area contributed by atoms with Crippen molar-refractivity contribution in [3.05, 3.63) is 29.8 Å². The van der Waals surface area contributed by atoms with E-state index in [2.05, 4.69) is 16.0 Å². The maximum atomic E-state index is 12.2. The van der Waals surface area contributed by atoms with Gasteiger partial charge in [-0.25, -0.2) is 0 Å². The molecule has 3 amide bonds. The molecule has 0 radical (unpaired) electrons. The topological polar surface area (TPSA) is 87.3 Å². The minimum atomic E-state index is -0.458. The lowest BCUT2D eigenvalue weighted by Crippen LogP contribution is -2.37. The minimum absolute atomic E-state index is 0.0685. The van der Waals surface area contributed by atoms with Gasteiger partial charge in [0.2, 0.25) is 17.7 Å². The van der Waals surface area contributed by atoms with E-state index in [1.54, 1.807) is 0 Å². The van der Waals surface area contributed by atoms with Gasteiger partial charge in [-0.15, -0.1) is 0 Å². The zero-order valence-electron chi connectivity index (χ0n) is 16.6. The van der Waals surface area contributed by atoms with Gasteiger partial charge in [-0.1, -0.05) is 45.7 Å². The fraction of sp³-hybridized carbons (Fsp3) is 0.571. The number of anilines is 1. The molecule has 0 aromatic heterocycles. The Balaban J connectivity index is 1.74. The van der Waals surface area contributed by atoms with E-state index in [4.69, 9.17) is 0 Å². The molecule has 0 saturated heterocycles. The zero-order valence-corrected chi connectivity index (χ0v) is 16.6. The molecule has 1 aliphatic carbocycles. The first-order valence-electron chi connectivity index (χ1n) is 9.70. The molecular weight excluding hydrogens is 342 g/mol. The van der Waals surface area contributed by atoms with Gasteiger partial charge in [0, 0.05) is 36.5 Å². The Bertz CT molecular complexity index is 673. The van der Waals surface area contributed by atoms with Crippen LogP contribution in [0.3, 0.4) is 0 Å². The average Bonchev–Trinajstić information content (AvgIpc) is 3.14. The van der Waals surface area contributed by atoms with E-state index in [0.717, 1.165) is 36.9 Å². The van der Waals surface area contributed by atoms with Crippen molar-refractivity contribution in [1.82, 2.24) is 10.6 Å². The van der Waals surface area contributed by atoms with Gasteiger partial charge in [-0.3, -0.25) is 14.4 Å². The van der Waals surface area contributed by atoms with Crippen LogP contribution in [0.25, 0.3) is 0 Å². The molecular formula is C21H31N3O3. The molecule has 6 nitrogen and oxygen atoms in total. The van der Waals surface area contributed by atoms with E-state index in [0.29, 0.717) is 13.1 Å². The summed E-state index contributed by atoms with van der Waals surface area (Å²) in [6, 6.07) is 7.52. The fourth-order valence-corrected chi connectivity index (χ4v) is 3.04. The monoisotopic (exact) mass is 373 g/mol. The number of rotatable bonds is 7. The third-order valence-electron chi connectivity index (χ3n) is 4.73. The van der Waals surface area contributed by atoms with Crippen LogP contribution in [0, 0.1) is 11.3 Å². The van der Waals surface area contributed by atoms with Crippen LogP contribution >= 0.6 is 0 Å². The van der Waals surface area contributed by atoms with Gasteiger partial charge in [0.05, 0.1) is 0 Å². The van der Waals surface area contributed by atoms with E-state index in [-0.39, 0.29) is 30.1 Å². The summed E-state index contributed by atoms with van der Waals surface area (Å²) in [6.45, 7) is 6.21. The van der Waals surface area contributed by atoms with Crippen LogP contribution in [-0.4, -0.2) is 24.3 Å². The summed E-state index contributed by atoms with van der Waals surface area (Å²) in [5.41, 5.74) is 1.22. The summed E-state index contributed by atoms with van der Waals surface area (Å²) < 4.78 is 0. The number of amides is 3. The maximum Gasteiger partial charge on any atom is 0.227 e. The van der Waals surface area contributed by atoms with E-state index < -0.39 is 5.41 Å². The number of nitrogens with one attached hydrogen (secondary N) is 3. The second-order valence-electron chi connectivity index (χ2n) is 8.20. The molecule has 0 aliphatic heterocycles. The minimum Gasteiger partial charge on any atom is -0.355 e. The summed E-state index contributed by atoms with van der Waals surface area (Å²) in [5.74, 6) is 0.0190. The lowest BCUT2D eigenvalue weighted by Gasteiger charge is -2.17. The maximum absolute atomic E-state index is 12.2. The van der Waals surface area contributed by atoms with Crippen LogP contribution in [-0.2, 0) is 20.9 Å². The second kappa shape index (κ2) is 9.53. The highest BCUT2D eigenvalue weighted by Gasteiger charge is 2.22. The Hall–Kier alpha value is -2.37. The lowest BCUT2D eigenvalue weighted by atomic mass is 9.96. The molecule has 27 heavy (non-hydrogen) atoms. The van der Waals surface area contributed by atoms with Crippen LogP contribution < -0.4 is 16.0 Å². The number of carbonyl (C=O) groups is 3. The molecule has 0 spiro atoms. The van der Waals surface area contributed by atoms with Gasteiger partial charge < -0.3 is 16.0 Å². The van der Waals surface area contributed by atoms with Crippen LogP contribution in [0.15, 0.2) is 24.3 Å². The highest BCUT2D eigenvalue weighted by atomic mass is 16.2. The third kappa shape index (κ3) is 7.04. The van der Waals surface area contributed by atoms with Crippen molar-refractivity contribution in [3.8, 4) is 0 Å². The molecule has 1 aromatic carbocycles. The molecule has 0 unspecified atom stereocenters. The van der Waals surface area contributed by atoms with Crippen molar-refractivity contribution in [2.75, 3.05) is 11.9 Å². The summed E-state index contributed by atoms with van der Waals surface area (Å²) in [4.78, 5) is 35.9. The van der Waals surface area contributed by atoms with E-state index in [9.17, 15) is 14.4 Å². The van der Waals surface area contributed by atoms with Crippen LogP contribution in [0.1, 0.15) is 58.4 Å². The quantitative estimate of drug-likeness (QED) is 0.687. The number of hydrogen-bond donors (Lipinski definition) is 3. The Kier molecular flexibility index (Phi) is 7.39.